The zero-order chi connectivity index (χ0) is 15.2. The van der Waals surface area contributed by atoms with Gasteiger partial charge in [0.25, 0.3) is 0 Å². The molecule has 0 aliphatic heterocycles. The van der Waals surface area contributed by atoms with E-state index in [1.807, 2.05) is 6.92 Å². The third-order valence-corrected chi connectivity index (χ3v) is 4.20. The molecule has 2 atom stereocenters. The van der Waals surface area contributed by atoms with Crippen LogP contribution >= 0.6 is 0 Å². The number of carbonyl (C=O) groups excluding carboxylic acids is 1. The smallest absolute Gasteiger partial charge is 0.223 e. The molecule has 1 aliphatic carbocycles. The van der Waals surface area contributed by atoms with E-state index in [-0.39, 0.29) is 23.7 Å². The first-order valence-corrected chi connectivity index (χ1v) is 7.80. The van der Waals surface area contributed by atoms with E-state index in [1.54, 1.807) is 12.1 Å². The zero-order valence-electron chi connectivity index (χ0n) is 12.5. The first kappa shape index (κ1) is 16.0. The summed E-state index contributed by atoms with van der Waals surface area (Å²) < 4.78 is 12.9. The topological polar surface area (TPSA) is 49.3 Å². The van der Waals surface area contributed by atoms with Gasteiger partial charge in [0.2, 0.25) is 5.91 Å². The second kappa shape index (κ2) is 7.55. The number of aliphatic hydroxyl groups excluding tert-OH is 1. The number of hydrogen-bond acceptors (Lipinski definition) is 2. The molecule has 0 bridgehead atoms. The van der Waals surface area contributed by atoms with Gasteiger partial charge in [-0.05, 0) is 43.9 Å². The molecule has 116 valence electrons. The summed E-state index contributed by atoms with van der Waals surface area (Å²) in [6, 6.07) is 5.73. The average molecular weight is 293 g/mol. The Labute approximate surface area is 125 Å². The lowest BCUT2D eigenvalue weighted by atomic mass is 9.88. The molecule has 1 fully saturated rings. The maximum Gasteiger partial charge on any atom is 0.223 e. The van der Waals surface area contributed by atoms with Crippen LogP contribution in [0.25, 0.3) is 0 Å². The van der Waals surface area contributed by atoms with Crippen LogP contribution in [-0.4, -0.2) is 17.1 Å². The number of aliphatic hydroxyl groups is 1. The number of halogens is 1. The van der Waals surface area contributed by atoms with Gasteiger partial charge in [0, 0.05) is 12.0 Å². The summed E-state index contributed by atoms with van der Waals surface area (Å²) in [5, 5.41) is 13.1. The van der Waals surface area contributed by atoms with Crippen LogP contribution in [0, 0.1) is 11.7 Å². The zero-order valence-corrected chi connectivity index (χ0v) is 12.5. The van der Waals surface area contributed by atoms with Crippen LogP contribution in [0.1, 0.15) is 57.1 Å². The van der Waals surface area contributed by atoms with Crippen molar-refractivity contribution in [1.82, 2.24) is 5.32 Å². The van der Waals surface area contributed by atoms with Gasteiger partial charge in [0.1, 0.15) is 5.82 Å². The van der Waals surface area contributed by atoms with Crippen LogP contribution in [0.4, 0.5) is 4.39 Å². The number of nitrogens with one attached hydrogen (secondary N) is 1. The second-order valence-electron chi connectivity index (χ2n) is 6.05. The van der Waals surface area contributed by atoms with Gasteiger partial charge < -0.3 is 10.4 Å². The molecule has 1 saturated carbocycles. The van der Waals surface area contributed by atoms with Crippen LogP contribution < -0.4 is 5.32 Å². The van der Waals surface area contributed by atoms with Crippen molar-refractivity contribution in [3.05, 3.63) is 35.6 Å². The van der Waals surface area contributed by atoms with Gasteiger partial charge in [-0.1, -0.05) is 31.4 Å². The number of rotatable bonds is 5. The van der Waals surface area contributed by atoms with Crippen molar-refractivity contribution >= 4 is 5.91 Å². The Bertz CT molecular complexity index is 454. The Morgan fingerprint density at radius 2 is 1.90 bits per heavy atom. The molecular formula is C17H24FNO2. The SMILES string of the molecule is CC(CC(O)c1ccc(F)cc1)NC(=O)C1CCCCC1. The normalized spacial score (nSPS) is 19.0. The molecule has 2 unspecified atom stereocenters. The molecule has 1 aromatic carbocycles. The molecular weight excluding hydrogens is 269 g/mol. The Kier molecular flexibility index (Phi) is 5.74. The molecule has 0 radical (unpaired) electrons. The Hall–Kier alpha value is -1.42. The Morgan fingerprint density at radius 3 is 2.52 bits per heavy atom. The fourth-order valence-electron chi connectivity index (χ4n) is 2.94. The monoisotopic (exact) mass is 293 g/mol. The quantitative estimate of drug-likeness (QED) is 0.875. The van der Waals surface area contributed by atoms with Crippen molar-refractivity contribution in [3.8, 4) is 0 Å². The largest absolute Gasteiger partial charge is 0.388 e. The highest BCUT2D eigenvalue weighted by molar-refractivity contribution is 5.78. The molecule has 3 nitrogen and oxygen atoms in total. The van der Waals surface area contributed by atoms with E-state index in [9.17, 15) is 14.3 Å². The minimum Gasteiger partial charge on any atom is -0.388 e. The van der Waals surface area contributed by atoms with Crippen LogP contribution in [-0.2, 0) is 4.79 Å². The van der Waals surface area contributed by atoms with Gasteiger partial charge in [0.05, 0.1) is 6.10 Å². The van der Waals surface area contributed by atoms with E-state index in [4.69, 9.17) is 0 Å². The molecule has 2 N–H and O–H groups in total. The van der Waals surface area contributed by atoms with Crippen molar-refractivity contribution in [2.24, 2.45) is 5.92 Å². The van der Waals surface area contributed by atoms with Crippen molar-refractivity contribution < 1.29 is 14.3 Å². The standard InChI is InChI=1S/C17H24FNO2/c1-12(19-17(21)14-5-3-2-4-6-14)11-16(20)13-7-9-15(18)10-8-13/h7-10,12,14,16,20H,2-6,11H2,1H3,(H,19,21). The lowest BCUT2D eigenvalue weighted by molar-refractivity contribution is -0.126. The number of hydrogen-bond donors (Lipinski definition) is 2. The lowest BCUT2D eigenvalue weighted by Crippen LogP contribution is -2.38. The minimum atomic E-state index is -0.688. The highest BCUT2D eigenvalue weighted by atomic mass is 19.1. The predicted octanol–water partition coefficient (Wildman–Crippen LogP) is 3.33. The first-order chi connectivity index (χ1) is 10.1. The summed E-state index contributed by atoms with van der Waals surface area (Å²) in [6.45, 7) is 1.90. The summed E-state index contributed by atoms with van der Waals surface area (Å²) in [7, 11) is 0. The van der Waals surface area contributed by atoms with E-state index >= 15 is 0 Å². The van der Waals surface area contributed by atoms with Gasteiger partial charge in [-0.3, -0.25) is 4.79 Å². The van der Waals surface area contributed by atoms with E-state index in [0.717, 1.165) is 25.7 Å². The average Bonchev–Trinajstić information content (AvgIpc) is 2.48. The van der Waals surface area contributed by atoms with Gasteiger partial charge in [-0.2, -0.15) is 0 Å². The number of amides is 1. The van der Waals surface area contributed by atoms with Crippen molar-refractivity contribution in [2.75, 3.05) is 0 Å². The van der Waals surface area contributed by atoms with Crippen molar-refractivity contribution in [1.29, 1.82) is 0 Å². The van der Waals surface area contributed by atoms with Gasteiger partial charge in [-0.15, -0.1) is 0 Å². The van der Waals surface area contributed by atoms with E-state index in [1.165, 1.54) is 18.6 Å². The van der Waals surface area contributed by atoms with Gasteiger partial charge in [0.15, 0.2) is 0 Å². The van der Waals surface area contributed by atoms with Crippen LogP contribution in [0.5, 0.6) is 0 Å². The number of benzene rings is 1. The molecule has 1 amide bonds. The maximum absolute atomic E-state index is 12.9. The van der Waals surface area contributed by atoms with Crippen molar-refractivity contribution in [2.45, 2.75) is 57.6 Å². The summed E-state index contributed by atoms with van der Waals surface area (Å²) in [5.74, 6) is -0.0812. The molecule has 0 aromatic heterocycles. The summed E-state index contributed by atoms with van der Waals surface area (Å²) in [4.78, 5) is 12.1. The molecule has 1 aliphatic rings. The fourth-order valence-corrected chi connectivity index (χ4v) is 2.94. The van der Waals surface area contributed by atoms with Crippen molar-refractivity contribution in [3.63, 3.8) is 0 Å². The summed E-state index contributed by atoms with van der Waals surface area (Å²) in [6.07, 6.45) is 5.17. The van der Waals surface area contributed by atoms with E-state index in [2.05, 4.69) is 5.32 Å². The van der Waals surface area contributed by atoms with Gasteiger partial charge in [-0.25, -0.2) is 4.39 Å². The third-order valence-electron chi connectivity index (χ3n) is 4.20. The molecule has 0 saturated heterocycles. The van der Waals surface area contributed by atoms with Crippen LogP contribution in [0.15, 0.2) is 24.3 Å². The predicted molar refractivity (Wildman–Crippen MR) is 80.2 cm³/mol. The van der Waals surface area contributed by atoms with Crippen LogP contribution in [0.2, 0.25) is 0 Å². The van der Waals surface area contributed by atoms with E-state index < -0.39 is 6.10 Å². The summed E-state index contributed by atoms with van der Waals surface area (Å²) in [5.41, 5.74) is 0.676. The van der Waals surface area contributed by atoms with Crippen LogP contribution in [0.3, 0.4) is 0 Å². The molecule has 0 heterocycles. The second-order valence-corrected chi connectivity index (χ2v) is 6.05. The minimum absolute atomic E-state index is 0.0977. The molecule has 2 rings (SSSR count). The Morgan fingerprint density at radius 1 is 1.29 bits per heavy atom. The molecule has 4 heteroatoms. The summed E-state index contributed by atoms with van der Waals surface area (Å²) >= 11 is 0. The highest BCUT2D eigenvalue weighted by Crippen LogP contribution is 2.24. The van der Waals surface area contributed by atoms with E-state index in [0.29, 0.717) is 12.0 Å². The fraction of sp³-hybridized carbons (Fsp3) is 0.588. The Balaban J connectivity index is 1.81. The molecule has 0 spiro atoms. The molecule has 21 heavy (non-hydrogen) atoms. The number of carbonyl (C=O) groups is 1. The maximum atomic E-state index is 12.9. The highest BCUT2D eigenvalue weighted by Gasteiger charge is 2.23. The lowest BCUT2D eigenvalue weighted by Gasteiger charge is -2.24. The first-order valence-electron chi connectivity index (χ1n) is 7.80. The third kappa shape index (κ3) is 4.81. The van der Waals surface area contributed by atoms with Gasteiger partial charge >= 0.3 is 0 Å². The molecule has 1 aromatic rings.